The predicted molar refractivity (Wildman–Crippen MR) is 77.3 cm³/mol. The van der Waals surface area contributed by atoms with Crippen molar-refractivity contribution in [3.05, 3.63) is 0 Å². The van der Waals surface area contributed by atoms with Gasteiger partial charge in [0.05, 0.1) is 0 Å². The average Bonchev–Trinajstić information content (AvgIpc) is 2.21. The van der Waals surface area contributed by atoms with E-state index in [1.165, 1.54) is 43.3 Å². The van der Waals surface area contributed by atoms with Gasteiger partial charge in [-0.15, -0.1) is 0 Å². The Hall–Kier alpha value is 0.660. The maximum absolute atomic E-state index is 2.62. The van der Waals surface area contributed by atoms with Gasteiger partial charge < -0.3 is 4.90 Å². The monoisotopic (exact) mass is 249 g/mol. The van der Waals surface area contributed by atoms with Gasteiger partial charge in [-0.25, -0.2) is 0 Å². The van der Waals surface area contributed by atoms with Crippen LogP contribution in [0.1, 0.15) is 27.2 Å². The molecule has 0 saturated heterocycles. The molecule has 0 N–H and O–H groups in total. The van der Waals surface area contributed by atoms with Crippen LogP contribution in [0.2, 0.25) is 0 Å². The van der Waals surface area contributed by atoms with E-state index in [9.17, 15) is 0 Å². The van der Waals surface area contributed by atoms with Crippen LogP contribution in [0.25, 0.3) is 0 Å². The summed E-state index contributed by atoms with van der Waals surface area (Å²) in [6.45, 7) is 10.7. The highest BCUT2D eigenvalue weighted by atomic mass is 32.2. The summed E-state index contributed by atoms with van der Waals surface area (Å²) >= 11 is 4.01. The van der Waals surface area contributed by atoms with Crippen molar-refractivity contribution >= 4 is 23.5 Å². The molecule has 0 atom stereocenters. The number of hydrogen-bond donors (Lipinski definition) is 0. The zero-order valence-corrected chi connectivity index (χ0v) is 12.4. The topological polar surface area (TPSA) is 3.24 Å². The molecule has 0 rings (SSSR count). The van der Waals surface area contributed by atoms with Crippen molar-refractivity contribution in [2.75, 3.05) is 43.1 Å². The van der Waals surface area contributed by atoms with Gasteiger partial charge in [0.2, 0.25) is 0 Å². The zero-order chi connectivity index (χ0) is 11.5. The highest BCUT2D eigenvalue weighted by molar-refractivity contribution is 7.99. The van der Waals surface area contributed by atoms with Gasteiger partial charge in [-0.05, 0) is 30.9 Å². The number of hydrogen-bond acceptors (Lipinski definition) is 3. The Labute approximate surface area is 105 Å². The molecule has 0 bridgehead atoms. The van der Waals surface area contributed by atoms with Crippen molar-refractivity contribution in [3.8, 4) is 0 Å². The summed E-state index contributed by atoms with van der Waals surface area (Å²) in [5.41, 5.74) is 0. The maximum Gasteiger partial charge on any atom is 0.00727 e. The van der Waals surface area contributed by atoms with Crippen molar-refractivity contribution in [3.63, 3.8) is 0 Å². The minimum Gasteiger partial charge on any atom is -0.302 e. The van der Waals surface area contributed by atoms with E-state index in [2.05, 4.69) is 43.7 Å². The van der Waals surface area contributed by atoms with Gasteiger partial charge in [-0.1, -0.05) is 20.8 Å². The van der Waals surface area contributed by atoms with Crippen LogP contribution in [-0.4, -0.2) is 48.0 Å². The van der Waals surface area contributed by atoms with Gasteiger partial charge in [0, 0.05) is 24.6 Å². The van der Waals surface area contributed by atoms with Crippen LogP contribution >= 0.6 is 23.5 Å². The fourth-order valence-electron chi connectivity index (χ4n) is 1.33. The molecule has 0 aromatic heterocycles. The van der Waals surface area contributed by atoms with Crippen molar-refractivity contribution < 1.29 is 0 Å². The van der Waals surface area contributed by atoms with Crippen LogP contribution in [0.15, 0.2) is 0 Å². The molecule has 0 aliphatic heterocycles. The quantitative estimate of drug-likeness (QED) is 0.546. The number of thioether (sulfide) groups is 2. The molecule has 92 valence electrons. The maximum atomic E-state index is 2.62. The molecule has 0 unspecified atom stereocenters. The summed E-state index contributed by atoms with van der Waals surface area (Å²) in [7, 11) is 0. The van der Waals surface area contributed by atoms with Crippen LogP contribution in [0.3, 0.4) is 0 Å². The lowest BCUT2D eigenvalue weighted by atomic mass is 10.1. The second kappa shape index (κ2) is 11.2. The highest BCUT2D eigenvalue weighted by Gasteiger charge is 2.05. The third-order valence-electron chi connectivity index (χ3n) is 2.39. The predicted octanol–water partition coefficient (Wildman–Crippen LogP) is 3.45. The first kappa shape index (κ1) is 15.7. The second-order valence-corrected chi connectivity index (χ2v) is 6.59. The van der Waals surface area contributed by atoms with E-state index < -0.39 is 0 Å². The summed E-state index contributed by atoms with van der Waals surface area (Å²) in [5, 5.41) is 0. The average molecular weight is 249 g/mol. The molecule has 0 aliphatic rings. The molecule has 0 aromatic rings. The first-order valence-electron chi connectivity index (χ1n) is 5.99. The molecule has 0 fully saturated rings. The first-order chi connectivity index (χ1) is 7.20. The Morgan fingerprint density at radius 2 is 1.73 bits per heavy atom. The smallest absolute Gasteiger partial charge is 0.00727 e. The Morgan fingerprint density at radius 3 is 2.27 bits per heavy atom. The van der Waals surface area contributed by atoms with Gasteiger partial charge in [0.1, 0.15) is 0 Å². The highest BCUT2D eigenvalue weighted by Crippen LogP contribution is 2.06. The van der Waals surface area contributed by atoms with Crippen molar-refractivity contribution in [1.29, 1.82) is 0 Å². The molecule has 0 heterocycles. The largest absolute Gasteiger partial charge is 0.302 e. The van der Waals surface area contributed by atoms with Gasteiger partial charge in [0.15, 0.2) is 0 Å². The van der Waals surface area contributed by atoms with E-state index in [1.54, 1.807) is 0 Å². The third kappa shape index (κ3) is 10.9. The fourth-order valence-corrected chi connectivity index (χ4v) is 2.45. The van der Waals surface area contributed by atoms with Gasteiger partial charge in [-0.2, -0.15) is 23.5 Å². The van der Waals surface area contributed by atoms with E-state index in [4.69, 9.17) is 0 Å². The summed E-state index contributed by atoms with van der Waals surface area (Å²) in [6, 6.07) is 0. The van der Waals surface area contributed by atoms with Gasteiger partial charge in [0.25, 0.3) is 0 Å². The Bertz CT molecular complexity index is 129. The fraction of sp³-hybridized carbons (Fsp3) is 1.00. The minimum absolute atomic E-state index is 0.834. The zero-order valence-electron chi connectivity index (χ0n) is 10.8. The van der Waals surface area contributed by atoms with Gasteiger partial charge >= 0.3 is 0 Å². The second-order valence-electron chi connectivity index (χ2n) is 4.21. The SMILES string of the molecule is CCSCCN(CCSC)CCC(C)C. The van der Waals surface area contributed by atoms with E-state index in [0.29, 0.717) is 0 Å². The van der Waals surface area contributed by atoms with E-state index >= 15 is 0 Å². The normalized spacial score (nSPS) is 11.6. The van der Waals surface area contributed by atoms with E-state index in [0.717, 1.165) is 5.92 Å². The van der Waals surface area contributed by atoms with Crippen LogP contribution in [0.5, 0.6) is 0 Å². The number of nitrogens with zero attached hydrogens (tertiary/aromatic N) is 1. The lowest BCUT2D eigenvalue weighted by Crippen LogP contribution is -2.30. The summed E-state index contributed by atoms with van der Waals surface area (Å²) in [5.74, 6) is 4.65. The third-order valence-corrected chi connectivity index (χ3v) is 3.86. The van der Waals surface area contributed by atoms with Crippen LogP contribution < -0.4 is 0 Å². The molecule has 1 nitrogen and oxygen atoms in total. The van der Waals surface area contributed by atoms with Crippen LogP contribution in [0, 0.1) is 5.92 Å². The van der Waals surface area contributed by atoms with Crippen molar-refractivity contribution in [2.24, 2.45) is 5.92 Å². The number of rotatable bonds is 10. The first-order valence-corrected chi connectivity index (χ1v) is 8.54. The molecule has 0 amide bonds. The summed E-state index contributed by atoms with van der Waals surface area (Å²) < 4.78 is 0. The molecule has 15 heavy (non-hydrogen) atoms. The molecular formula is C12H27NS2. The molecule has 0 saturated carbocycles. The van der Waals surface area contributed by atoms with Crippen molar-refractivity contribution in [2.45, 2.75) is 27.2 Å². The van der Waals surface area contributed by atoms with E-state index in [1.807, 2.05) is 11.8 Å². The molecule has 0 aliphatic carbocycles. The summed E-state index contributed by atoms with van der Waals surface area (Å²) in [6.07, 6.45) is 3.53. The molecule has 0 radical (unpaired) electrons. The molecule has 3 heteroatoms. The van der Waals surface area contributed by atoms with Crippen molar-refractivity contribution in [1.82, 2.24) is 4.90 Å². The Balaban J connectivity index is 3.63. The molecule has 0 spiro atoms. The Morgan fingerprint density at radius 1 is 1.07 bits per heavy atom. The summed E-state index contributed by atoms with van der Waals surface area (Å²) in [4.78, 5) is 2.62. The van der Waals surface area contributed by atoms with Crippen LogP contribution in [-0.2, 0) is 0 Å². The van der Waals surface area contributed by atoms with Crippen LogP contribution in [0.4, 0.5) is 0 Å². The van der Waals surface area contributed by atoms with E-state index in [-0.39, 0.29) is 0 Å². The lowest BCUT2D eigenvalue weighted by molar-refractivity contribution is 0.288. The molecular weight excluding hydrogens is 222 g/mol. The standard InChI is InChI=1S/C12H27NS2/c1-5-15-11-9-13(8-10-14-4)7-6-12(2)3/h12H,5-11H2,1-4H3. The van der Waals surface area contributed by atoms with Gasteiger partial charge in [-0.3, -0.25) is 0 Å². The lowest BCUT2D eigenvalue weighted by Gasteiger charge is -2.22. The Kier molecular flexibility index (Phi) is 11.6. The molecule has 0 aromatic carbocycles. The minimum atomic E-state index is 0.834.